The smallest absolute Gasteiger partial charge is 0.407 e. The first-order chi connectivity index (χ1) is 18.5. The third-order valence-electron chi connectivity index (χ3n) is 7.02. The summed E-state index contributed by atoms with van der Waals surface area (Å²) in [5, 5.41) is 57.1. The molecule has 2 aliphatic carbocycles. The molecule has 0 aliphatic heterocycles. The molecule has 0 saturated heterocycles. The highest BCUT2D eigenvalue weighted by Crippen LogP contribution is 2.45. The Labute approximate surface area is 220 Å². The van der Waals surface area contributed by atoms with Crippen LogP contribution in [-0.2, 0) is 17.7 Å². The van der Waals surface area contributed by atoms with Crippen molar-refractivity contribution in [2.24, 2.45) is 0 Å². The number of aliphatic hydroxyl groups excluding tert-OH is 2. The lowest BCUT2D eigenvalue weighted by Gasteiger charge is -2.41. The molecule has 1 amide bonds. The summed E-state index contributed by atoms with van der Waals surface area (Å²) in [6, 6.07) is 13.1. The van der Waals surface area contributed by atoms with Crippen LogP contribution in [0.1, 0.15) is 54.6 Å². The van der Waals surface area contributed by atoms with Gasteiger partial charge >= 0.3 is 6.09 Å². The third-order valence-corrected chi connectivity index (χ3v) is 7.02. The number of hydrogen-bond donors (Lipinski definition) is 5. The normalized spacial score (nSPS) is 21.4. The zero-order chi connectivity index (χ0) is 28.1. The predicted octanol–water partition coefficient (Wildman–Crippen LogP) is 1.68. The van der Waals surface area contributed by atoms with Crippen LogP contribution in [0, 0.1) is 10.1 Å². The van der Waals surface area contributed by atoms with Crippen LogP contribution in [-0.4, -0.2) is 61.3 Å². The molecule has 3 aromatic rings. The van der Waals surface area contributed by atoms with E-state index in [1.807, 2.05) is 0 Å². The average molecular weight is 534 g/mol. The molecule has 0 bridgehead atoms. The summed E-state index contributed by atoms with van der Waals surface area (Å²) in [6.07, 6.45) is -5.33. The van der Waals surface area contributed by atoms with Crippen molar-refractivity contribution < 1.29 is 44.5 Å². The average Bonchev–Trinajstić information content (AvgIpc) is 2.92. The quantitative estimate of drug-likeness (QED) is 0.186. The number of phenols is 1. The van der Waals surface area contributed by atoms with Crippen LogP contribution in [0.5, 0.6) is 5.75 Å². The van der Waals surface area contributed by atoms with Gasteiger partial charge in [0.25, 0.3) is 5.69 Å². The van der Waals surface area contributed by atoms with E-state index in [4.69, 9.17) is 4.74 Å². The topological polar surface area (TPSA) is 197 Å². The lowest BCUT2D eigenvalue weighted by molar-refractivity contribution is -0.385. The van der Waals surface area contributed by atoms with E-state index in [0.29, 0.717) is 0 Å². The minimum Gasteiger partial charge on any atom is -0.507 e. The number of nitro benzene ring substituents is 1. The molecular formula is C27H22N2O10. The second-order valence-electron chi connectivity index (χ2n) is 9.41. The van der Waals surface area contributed by atoms with Crippen molar-refractivity contribution >= 4 is 23.3 Å². The molecule has 5 rings (SSSR count). The maximum Gasteiger partial charge on any atom is 0.407 e. The third kappa shape index (κ3) is 4.30. The van der Waals surface area contributed by atoms with Crippen molar-refractivity contribution in [1.29, 1.82) is 0 Å². The number of para-hydroxylation sites is 1. The number of aliphatic hydroxyl groups is 3. The second kappa shape index (κ2) is 9.58. The van der Waals surface area contributed by atoms with E-state index < -0.39 is 59.2 Å². The van der Waals surface area contributed by atoms with E-state index in [1.165, 1.54) is 36.4 Å². The maximum atomic E-state index is 13.1. The van der Waals surface area contributed by atoms with Gasteiger partial charge in [-0.15, -0.1) is 0 Å². The molecule has 39 heavy (non-hydrogen) atoms. The molecule has 0 aromatic heterocycles. The molecule has 3 aromatic carbocycles. The number of ketones is 2. The highest BCUT2D eigenvalue weighted by Gasteiger charge is 2.49. The van der Waals surface area contributed by atoms with Crippen LogP contribution in [0.15, 0.2) is 54.6 Å². The van der Waals surface area contributed by atoms with E-state index in [1.54, 1.807) is 18.2 Å². The summed E-state index contributed by atoms with van der Waals surface area (Å²) in [6.45, 7) is -1.05. The van der Waals surface area contributed by atoms with Gasteiger partial charge in [0.05, 0.1) is 17.0 Å². The minimum atomic E-state index is -2.23. The summed E-state index contributed by atoms with van der Waals surface area (Å²) in [5.41, 5.74) is -2.57. The number of rotatable bonds is 5. The number of benzene rings is 3. The fraction of sp³-hybridized carbons (Fsp3) is 0.222. The van der Waals surface area contributed by atoms with Gasteiger partial charge in [0, 0.05) is 40.3 Å². The Balaban J connectivity index is 1.37. The van der Waals surface area contributed by atoms with E-state index in [-0.39, 0.29) is 51.2 Å². The number of nitro groups is 1. The Bertz CT molecular complexity index is 1550. The predicted molar refractivity (Wildman–Crippen MR) is 132 cm³/mol. The molecule has 0 spiro atoms. The first-order valence-corrected chi connectivity index (χ1v) is 11.8. The first-order valence-electron chi connectivity index (χ1n) is 11.8. The van der Waals surface area contributed by atoms with Crippen molar-refractivity contribution in [3.63, 3.8) is 0 Å². The molecule has 200 valence electrons. The van der Waals surface area contributed by atoms with Crippen molar-refractivity contribution in [3.05, 3.63) is 104 Å². The Morgan fingerprint density at radius 3 is 2.38 bits per heavy atom. The van der Waals surface area contributed by atoms with Gasteiger partial charge in [-0.05, 0) is 11.6 Å². The van der Waals surface area contributed by atoms with Crippen LogP contribution in [0.2, 0.25) is 0 Å². The number of amides is 1. The van der Waals surface area contributed by atoms with Crippen molar-refractivity contribution in [2.45, 2.75) is 30.8 Å². The number of nitrogens with zero attached hydrogens (tertiary/aromatic N) is 1. The Kier molecular flexibility index (Phi) is 6.38. The number of ether oxygens (including phenoxy) is 1. The SMILES string of the molecule is O=C(NCc1ccccc1[N+](=O)[O-])OCC1(O)Cc2cc3c(c(O)c2[C@H](O)[C@@H]1O)C(=O)c1ccccc1C3=O. The van der Waals surface area contributed by atoms with Crippen molar-refractivity contribution in [1.82, 2.24) is 5.32 Å². The lowest BCUT2D eigenvalue weighted by atomic mass is 9.72. The van der Waals surface area contributed by atoms with E-state index in [2.05, 4.69) is 5.32 Å². The number of carbonyl (C=O) groups is 3. The van der Waals surface area contributed by atoms with E-state index in [0.717, 1.165) is 0 Å². The second-order valence-corrected chi connectivity index (χ2v) is 9.41. The summed E-state index contributed by atoms with van der Waals surface area (Å²) >= 11 is 0. The Hall–Kier alpha value is -4.65. The van der Waals surface area contributed by atoms with Gasteiger partial charge in [0.15, 0.2) is 11.6 Å². The number of fused-ring (bicyclic) bond motifs is 3. The molecule has 3 atom stereocenters. The number of carbonyl (C=O) groups excluding carboxylic acids is 3. The number of nitrogens with one attached hydrogen (secondary N) is 1. The number of alkyl carbamates (subject to hydrolysis) is 1. The fourth-order valence-electron chi connectivity index (χ4n) is 5.05. The summed E-state index contributed by atoms with van der Waals surface area (Å²) in [7, 11) is 0. The van der Waals surface area contributed by atoms with Crippen LogP contribution >= 0.6 is 0 Å². The summed E-state index contributed by atoms with van der Waals surface area (Å²) in [4.78, 5) is 49.0. The van der Waals surface area contributed by atoms with Gasteiger partial charge in [-0.25, -0.2) is 4.79 Å². The fourth-order valence-corrected chi connectivity index (χ4v) is 5.05. The van der Waals surface area contributed by atoms with Crippen LogP contribution in [0.3, 0.4) is 0 Å². The summed E-state index contributed by atoms with van der Waals surface area (Å²) < 4.78 is 5.04. The van der Waals surface area contributed by atoms with Crippen LogP contribution in [0.25, 0.3) is 0 Å². The van der Waals surface area contributed by atoms with Crippen LogP contribution < -0.4 is 5.32 Å². The largest absolute Gasteiger partial charge is 0.507 e. The van der Waals surface area contributed by atoms with Crippen molar-refractivity contribution in [3.8, 4) is 5.75 Å². The molecule has 0 radical (unpaired) electrons. The number of aromatic hydroxyl groups is 1. The van der Waals surface area contributed by atoms with Gasteiger partial charge in [0.1, 0.15) is 30.2 Å². The molecule has 12 heteroatoms. The Morgan fingerprint density at radius 1 is 1.05 bits per heavy atom. The van der Waals surface area contributed by atoms with Gasteiger partial charge in [0.2, 0.25) is 0 Å². The highest BCUT2D eigenvalue weighted by atomic mass is 16.6. The van der Waals surface area contributed by atoms with Gasteiger partial charge < -0.3 is 30.5 Å². The molecule has 0 fully saturated rings. The van der Waals surface area contributed by atoms with Crippen molar-refractivity contribution in [2.75, 3.05) is 6.61 Å². The number of phenolic OH excluding ortho intramolecular Hbond substituents is 1. The molecule has 5 N–H and O–H groups in total. The van der Waals surface area contributed by atoms with Gasteiger partial charge in [-0.2, -0.15) is 0 Å². The molecule has 2 aliphatic rings. The zero-order valence-corrected chi connectivity index (χ0v) is 20.2. The first kappa shape index (κ1) is 26.0. The monoisotopic (exact) mass is 534 g/mol. The standard InChI is InChI=1S/C27H22N2O10/c30-21-15-6-2-3-7-16(15)22(31)20-17(21)9-14-10-27(36,25(34)24(33)19(14)23(20)32)12-39-26(35)28-11-13-5-1-4-8-18(13)29(37)38/h1-9,24-25,32-34,36H,10-12H2,(H,28,35)/t24-,25-,27?/m0/s1. The lowest BCUT2D eigenvalue weighted by Crippen LogP contribution is -2.54. The Morgan fingerprint density at radius 2 is 1.69 bits per heavy atom. The van der Waals surface area contributed by atoms with E-state index >= 15 is 0 Å². The number of hydrogen-bond acceptors (Lipinski definition) is 10. The maximum absolute atomic E-state index is 13.1. The molecule has 12 nitrogen and oxygen atoms in total. The van der Waals surface area contributed by atoms with Gasteiger partial charge in [-0.1, -0.05) is 42.5 Å². The van der Waals surface area contributed by atoms with Crippen LogP contribution in [0.4, 0.5) is 10.5 Å². The summed E-state index contributed by atoms with van der Waals surface area (Å²) in [5.74, 6) is -1.83. The molecule has 0 saturated carbocycles. The van der Waals surface area contributed by atoms with E-state index in [9.17, 15) is 44.9 Å². The molecule has 1 unspecified atom stereocenters. The zero-order valence-electron chi connectivity index (χ0n) is 20.2. The highest BCUT2D eigenvalue weighted by molar-refractivity contribution is 6.29. The molecular weight excluding hydrogens is 512 g/mol. The van der Waals surface area contributed by atoms with Gasteiger partial charge in [-0.3, -0.25) is 19.7 Å². The minimum absolute atomic E-state index is 0.0796. The molecule has 0 heterocycles.